The molecule has 2 amide bonds. The van der Waals surface area contributed by atoms with Gasteiger partial charge in [0.15, 0.2) is 0 Å². The van der Waals surface area contributed by atoms with E-state index in [1.807, 2.05) is 0 Å². The second kappa shape index (κ2) is 10.3. The summed E-state index contributed by atoms with van der Waals surface area (Å²) in [7, 11) is 3.07. The molecule has 1 aliphatic carbocycles. The zero-order valence-corrected chi connectivity index (χ0v) is 22.0. The minimum atomic E-state index is -0.615. The van der Waals surface area contributed by atoms with Gasteiger partial charge in [0.05, 0.1) is 31.0 Å². The van der Waals surface area contributed by atoms with Crippen molar-refractivity contribution < 1.29 is 23.5 Å². The van der Waals surface area contributed by atoms with Crippen molar-refractivity contribution in [3.8, 4) is 11.5 Å². The first-order valence-electron chi connectivity index (χ1n) is 11.9. The number of thiophene rings is 1. The zero-order chi connectivity index (χ0) is 26.0. The Labute approximate surface area is 214 Å². The highest BCUT2D eigenvalue weighted by Gasteiger charge is 2.34. The molecule has 0 fully saturated rings. The fourth-order valence-electron chi connectivity index (χ4n) is 4.57. The maximum Gasteiger partial charge on any atom is 0.259 e. The zero-order valence-electron chi connectivity index (χ0n) is 21.2. The summed E-state index contributed by atoms with van der Waals surface area (Å²) in [6, 6.07) is 10.9. The monoisotopic (exact) mass is 510 g/mol. The van der Waals surface area contributed by atoms with Gasteiger partial charge in [0.2, 0.25) is 0 Å². The van der Waals surface area contributed by atoms with Gasteiger partial charge in [-0.2, -0.15) is 0 Å². The van der Waals surface area contributed by atoms with Crippen LogP contribution in [0.15, 0.2) is 42.5 Å². The fraction of sp³-hybridized carbons (Fsp3) is 0.357. The van der Waals surface area contributed by atoms with Crippen LogP contribution in [0.25, 0.3) is 0 Å². The summed E-state index contributed by atoms with van der Waals surface area (Å²) in [4.78, 5) is 27.7. The number of rotatable bonds is 6. The lowest BCUT2D eigenvalue weighted by Gasteiger charge is -2.33. The molecule has 0 aliphatic heterocycles. The number of benzene rings is 2. The fourth-order valence-corrected chi connectivity index (χ4v) is 5.89. The number of hydrogen-bond donors (Lipinski definition) is 2. The number of carbonyl (C=O) groups excluding carboxylic acids is 2. The summed E-state index contributed by atoms with van der Waals surface area (Å²) in [6.45, 7) is 6.67. The summed E-state index contributed by atoms with van der Waals surface area (Å²) in [5.41, 5.74) is 1.85. The van der Waals surface area contributed by atoms with Gasteiger partial charge in [-0.25, -0.2) is 4.39 Å². The van der Waals surface area contributed by atoms with Gasteiger partial charge in [0.25, 0.3) is 11.8 Å². The van der Waals surface area contributed by atoms with Gasteiger partial charge >= 0.3 is 0 Å². The SMILES string of the molecule is COc1ccc(OC)c(NC(=O)c2c(NC(=O)c3ccccc3F)sc3c2CCC(C(C)(C)C)C3)c1. The van der Waals surface area contributed by atoms with E-state index < -0.39 is 11.7 Å². The van der Waals surface area contributed by atoms with Crippen LogP contribution < -0.4 is 20.1 Å². The molecule has 1 atom stereocenters. The quantitative estimate of drug-likeness (QED) is 0.394. The van der Waals surface area contributed by atoms with Crippen molar-refractivity contribution in [2.75, 3.05) is 24.9 Å². The molecule has 2 aromatic carbocycles. The molecule has 0 spiro atoms. The average Bonchev–Trinajstić information content (AvgIpc) is 3.20. The van der Waals surface area contributed by atoms with Crippen LogP contribution >= 0.6 is 11.3 Å². The molecule has 0 radical (unpaired) electrons. The van der Waals surface area contributed by atoms with E-state index in [2.05, 4.69) is 31.4 Å². The van der Waals surface area contributed by atoms with E-state index in [1.165, 1.54) is 36.6 Å². The third-order valence-electron chi connectivity index (χ3n) is 6.72. The van der Waals surface area contributed by atoms with E-state index in [-0.39, 0.29) is 16.9 Å². The van der Waals surface area contributed by atoms with Gasteiger partial charge < -0.3 is 20.1 Å². The molecule has 1 aliphatic rings. The second-order valence-electron chi connectivity index (χ2n) is 9.97. The molecule has 8 heteroatoms. The van der Waals surface area contributed by atoms with Gasteiger partial charge in [-0.15, -0.1) is 11.3 Å². The highest BCUT2D eigenvalue weighted by Crippen LogP contribution is 2.45. The third-order valence-corrected chi connectivity index (χ3v) is 7.89. The van der Waals surface area contributed by atoms with E-state index in [0.717, 1.165) is 29.7 Å². The van der Waals surface area contributed by atoms with Crippen LogP contribution in [0.1, 0.15) is 58.3 Å². The lowest BCUT2D eigenvalue weighted by Crippen LogP contribution is -2.27. The second-order valence-corrected chi connectivity index (χ2v) is 11.1. The molecule has 0 saturated carbocycles. The van der Waals surface area contributed by atoms with Crippen molar-refractivity contribution in [2.45, 2.75) is 40.0 Å². The van der Waals surface area contributed by atoms with Crippen LogP contribution in [0.2, 0.25) is 0 Å². The molecular weight excluding hydrogens is 479 g/mol. The first kappa shape index (κ1) is 25.7. The number of halogens is 1. The van der Waals surface area contributed by atoms with Crippen LogP contribution in [-0.4, -0.2) is 26.0 Å². The van der Waals surface area contributed by atoms with Crippen molar-refractivity contribution in [1.29, 1.82) is 0 Å². The topological polar surface area (TPSA) is 76.7 Å². The molecule has 36 heavy (non-hydrogen) atoms. The molecule has 6 nitrogen and oxygen atoms in total. The minimum absolute atomic E-state index is 0.0720. The number of fused-ring (bicyclic) bond motifs is 1. The van der Waals surface area contributed by atoms with Crippen LogP contribution in [0.4, 0.5) is 15.1 Å². The Hall–Kier alpha value is -3.39. The number of carbonyl (C=O) groups is 2. The van der Waals surface area contributed by atoms with Crippen molar-refractivity contribution >= 4 is 33.8 Å². The van der Waals surface area contributed by atoms with Gasteiger partial charge in [-0.05, 0) is 60.4 Å². The van der Waals surface area contributed by atoms with E-state index in [1.54, 1.807) is 31.4 Å². The number of methoxy groups -OCH3 is 2. The van der Waals surface area contributed by atoms with Crippen molar-refractivity contribution in [3.05, 3.63) is 69.8 Å². The molecule has 1 heterocycles. The predicted octanol–water partition coefficient (Wildman–Crippen LogP) is 6.56. The maximum atomic E-state index is 14.3. The van der Waals surface area contributed by atoms with Crippen LogP contribution in [0.3, 0.4) is 0 Å². The number of ether oxygens (including phenoxy) is 2. The standard InChI is InChI=1S/C28H31FN2O4S/c1-28(2,3)16-10-12-19-23(14-16)36-27(31-25(32)18-8-6-7-9-20(18)29)24(19)26(33)30-21-15-17(34-4)11-13-22(21)35-5/h6-9,11,13,15-16H,10,12,14H2,1-5H3,(H,30,33)(H,31,32). The lowest BCUT2D eigenvalue weighted by atomic mass is 9.72. The molecule has 2 N–H and O–H groups in total. The van der Waals surface area contributed by atoms with Gasteiger partial charge in [0, 0.05) is 10.9 Å². The maximum absolute atomic E-state index is 14.3. The average molecular weight is 511 g/mol. The van der Waals surface area contributed by atoms with Crippen LogP contribution in [0, 0.1) is 17.2 Å². The number of hydrogen-bond acceptors (Lipinski definition) is 5. The van der Waals surface area contributed by atoms with Crippen molar-refractivity contribution in [1.82, 2.24) is 0 Å². The number of nitrogens with one attached hydrogen (secondary N) is 2. The van der Waals surface area contributed by atoms with E-state index in [9.17, 15) is 14.0 Å². The van der Waals surface area contributed by atoms with Crippen molar-refractivity contribution in [3.63, 3.8) is 0 Å². The van der Waals surface area contributed by atoms with Gasteiger partial charge in [-0.3, -0.25) is 9.59 Å². The normalized spacial score (nSPS) is 15.1. The summed E-state index contributed by atoms with van der Waals surface area (Å²) in [5, 5.41) is 6.17. The van der Waals surface area contributed by atoms with Gasteiger partial charge in [-0.1, -0.05) is 32.9 Å². The summed E-state index contributed by atoms with van der Waals surface area (Å²) in [6.07, 6.45) is 2.49. The lowest BCUT2D eigenvalue weighted by molar-refractivity contribution is 0.102. The Bertz CT molecular complexity index is 1300. The molecule has 0 bridgehead atoms. The smallest absolute Gasteiger partial charge is 0.259 e. The molecule has 1 unspecified atom stereocenters. The highest BCUT2D eigenvalue weighted by atomic mass is 32.1. The minimum Gasteiger partial charge on any atom is -0.497 e. The van der Waals surface area contributed by atoms with Gasteiger partial charge in [0.1, 0.15) is 22.3 Å². The van der Waals surface area contributed by atoms with Crippen molar-refractivity contribution in [2.24, 2.45) is 11.3 Å². The molecule has 3 aromatic rings. The Morgan fingerprint density at radius 1 is 1.03 bits per heavy atom. The van der Waals surface area contributed by atoms with E-state index in [4.69, 9.17) is 9.47 Å². The first-order chi connectivity index (χ1) is 17.1. The Balaban J connectivity index is 1.73. The Kier molecular flexibility index (Phi) is 7.36. The summed E-state index contributed by atoms with van der Waals surface area (Å²) < 4.78 is 25.0. The number of amides is 2. The Morgan fingerprint density at radius 2 is 1.78 bits per heavy atom. The molecule has 1 aromatic heterocycles. The summed E-state index contributed by atoms with van der Waals surface area (Å²) >= 11 is 1.40. The van der Waals surface area contributed by atoms with E-state index >= 15 is 0 Å². The molecule has 0 saturated heterocycles. The predicted molar refractivity (Wildman–Crippen MR) is 141 cm³/mol. The number of anilines is 2. The van der Waals surface area contributed by atoms with Crippen LogP contribution in [-0.2, 0) is 12.8 Å². The third kappa shape index (κ3) is 5.23. The first-order valence-corrected chi connectivity index (χ1v) is 12.7. The molecule has 190 valence electrons. The largest absolute Gasteiger partial charge is 0.497 e. The molecular formula is C28H31FN2O4S. The highest BCUT2D eigenvalue weighted by molar-refractivity contribution is 7.17. The molecule has 4 rings (SSSR count). The Morgan fingerprint density at radius 3 is 2.44 bits per heavy atom. The van der Waals surface area contributed by atoms with E-state index in [0.29, 0.717) is 33.7 Å². The summed E-state index contributed by atoms with van der Waals surface area (Å²) in [5.74, 6) is -0.0638. The van der Waals surface area contributed by atoms with Crippen LogP contribution in [0.5, 0.6) is 11.5 Å².